The number of benzene rings is 1. The van der Waals surface area contributed by atoms with Crippen molar-refractivity contribution in [2.24, 2.45) is 11.8 Å². The van der Waals surface area contributed by atoms with E-state index in [4.69, 9.17) is 0 Å². The molecule has 0 spiro atoms. The molecule has 0 amide bonds. The van der Waals surface area contributed by atoms with Crippen LogP contribution in [0.3, 0.4) is 0 Å². The highest BCUT2D eigenvalue weighted by molar-refractivity contribution is 5.20. The molecule has 0 radical (unpaired) electrons. The smallest absolute Gasteiger partial charge is 0.162 e. The van der Waals surface area contributed by atoms with Gasteiger partial charge in [-0.1, -0.05) is 26.0 Å². The predicted octanol–water partition coefficient (Wildman–Crippen LogP) is 3.14. The molecule has 1 N–H and O–H groups in total. The highest BCUT2D eigenvalue weighted by Crippen LogP contribution is 2.41. The fourth-order valence-electron chi connectivity index (χ4n) is 2.49. The second kappa shape index (κ2) is 5.13. The highest BCUT2D eigenvalue weighted by Gasteiger charge is 2.39. The molecule has 1 fully saturated rings. The van der Waals surface area contributed by atoms with E-state index in [-0.39, 0.29) is 6.04 Å². The Bertz CT molecular complexity index is 392. The maximum atomic E-state index is 13.6. The number of hydrogen-bond donors (Lipinski definition) is 1. The van der Waals surface area contributed by atoms with Gasteiger partial charge in [-0.05, 0) is 42.9 Å². The summed E-state index contributed by atoms with van der Waals surface area (Å²) in [6.07, 6.45) is 1.76. The van der Waals surface area contributed by atoms with Gasteiger partial charge in [0.1, 0.15) is 0 Å². The third-order valence-corrected chi connectivity index (χ3v) is 3.63. The second-order valence-corrected chi connectivity index (χ2v) is 4.96. The van der Waals surface area contributed by atoms with Gasteiger partial charge in [-0.25, -0.2) is 8.78 Å². The standard InChI is InChI=1S/C14H19F2N/c1-3-17-13(11-7-9(11)2)8-10-5-4-6-12(15)14(10)16/h4-6,9,11,13,17H,3,7-8H2,1-2H3. The molecule has 0 bridgehead atoms. The summed E-state index contributed by atoms with van der Waals surface area (Å²) < 4.78 is 26.7. The Labute approximate surface area is 101 Å². The Morgan fingerprint density at radius 2 is 2.12 bits per heavy atom. The van der Waals surface area contributed by atoms with E-state index >= 15 is 0 Å². The van der Waals surface area contributed by atoms with Crippen LogP contribution in [0.25, 0.3) is 0 Å². The van der Waals surface area contributed by atoms with Gasteiger partial charge in [0.2, 0.25) is 0 Å². The maximum absolute atomic E-state index is 13.6. The molecule has 2 rings (SSSR count). The predicted molar refractivity (Wildman–Crippen MR) is 64.8 cm³/mol. The molecule has 3 atom stereocenters. The van der Waals surface area contributed by atoms with Crippen LogP contribution in [0.2, 0.25) is 0 Å². The fourth-order valence-corrected chi connectivity index (χ4v) is 2.49. The number of rotatable bonds is 5. The summed E-state index contributed by atoms with van der Waals surface area (Å²) in [6.45, 7) is 5.11. The first-order valence-electron chi connectivity index (χ1n) is 6.29. The number of likely N-dealkylation sites (N-methyl/N-ethyl adjacent to an activating group) is 1. The molecule has 3 heteroatoms. The van der Waals surface area contributed by atoms with E-state index < -0.39 is 11.6 Å². The first kappa shape index (κ1) is 12.5. The molecule has 1 aromatic rings. The first-order chi connectivity index (χ1) is 8.13. The van der Waals surface area contributed by atoms with Crippen LogP contribution in [0, 0.1) is 23.5 Å². The van der Waals surface area contributed by atoms with Crippen molar-refractivity contribution in [3.63, 3.8) is 0 Å². The van der Waals surface area contributed by atoms with Crippen LogP contribution < -0.4 is 5.32 Å². The minimum Gasteiger partial charge on any atom is -0.314 e. The molecular weight excluding hydrogens is 220 g/mol. The largest absolute Gasteiger partial charge is 0.314 e. The quantitative estimate of drug-likeness (QED) is 0.832. The Balaban J connectivity index is 2.09. The van der Waals surface area contributed by atoms with Crippen LogP contribution in [0.1, 0.15) is 25.8 Å². The molecule has 0 aliphatic heterocycles. The first-order valence-corrected chi connectivity index (χ1v) is 6.29. The van der Waals surface area contributed by atoms with E-state index in [2.05, 4.69) is 12.2 Å². The van der Waals surface area contributed by atoms with Gasteiger partial charge in [-0.2, -0.15) is 0 Å². The van der Waals surface area contributed by atoms with E-state index in [0.717, 1.165) is 6.54 Å². The van der Waals surface area contributed by atoms with E-state index in [9.17, 15) is 8.78 Å². The monoisotopic (exact) mass is 239 g/mol. The van der Waals surface area contributed by atoms with E-state index in [1.54, 1.807) is 12.1 Å². The van der Waals surface area contributed by atoms with E-state index in [1.807, 2.05) is 6.92 Å². The Morgan fingerprint density at radius 3 is 2.71 bits per heavy atom. The van der Waals surface area contributed by atoms with Crippen LogP contribution in [0.4, 0.5) is 8.78 Å². The van der Waals surface area contributed by atoms with Crippen molar-refractivity contribution in [2.75, 3.05) is 6.54 Å². The normalized spacial score (nSPS) is 24.7. The lowest BCUT2D eigenvalue weighted by atomic mass is 10.0. The zero-order chi connectivity index (χ0) is 12.4. The SMILES string of the molecule is CCNC(Cc1cccc(F)c1F)C1CC1C. The van der Waals surface area contributed by atoms with Crippen LogP contribution in [-0.4, -0.2) is 12.6 Å². The van der Waals surface area contributed by atoms with Crippen molar-refractivity contribution >= 4 is 0 Å². The number of hydrogen-bond acceptors (Lipinski definition) is 1. The zero-order valence-corrected chi connectivity index (χ0v) is 10.3. The van der Waals surface area contributed by atoms with Crippen molar-refractivity contribution in [1.82, 2.24) is 5.32 Å². The second-order valence-electron chi connectivity index (χ2n) is 4.96. The lowest BCUT2D eigenvalue weighted by Crippen LogP contribution is -2.33. The average Bonchev–Trinajstić information content (AvgIpc) is 3.01. The summed E-state index contributed by atoms with van der Waals surface area (Å²) in [5, 5.41) is 3.38. The van der Waals surface area contributed by atoms with Crippen molar-refractivity contribution < 1.29 is 8.78 Å². The van der Waals surface area contributed by atoms with E-state index in [1.165, 1.54) is 12.5 Å². The maximum Gasteiger partial charge on any atom is 0.162 e. The summed E-state index contributed by atoms with van der Waals surface area (Å²) in [6, 6.07) is 4.69. The third-order valence-electron chi connectivity index (χ3n) is 3.63. The van der Waals surface area contributed by atoms with E-state index in [0.29, 0.717) is 23.8 Å². The van der Waals surface area contributed by atoms with Crippen molar-refractivity contribution in [2.45, 2.75) is 32.7 Å². The summed E-state index contributed by atoms with van der Waals surface area (Å²) >= 11 is 0. The molecule has 1 aliphatic rings. The fraction of sp³-hybridized carbons (Fsp3) is 0.571. The van der Waals surface area contributed by atoms with Gasteiger partial charge >= 0.3 is 0 Å². The van der Waals surface area contributed by atoms with Crippen molar-refractivity contribution in [3.8, 4) is 0 Å². The third kappa shape index (κ3) is 2.83. The summed E-state index contributed by atoms with van der Waals surface area (Å²) in [5.74, 6) is -0.126. The van der Waals surface area contributed by atoms with Gasteiger partial charge < -0.3 is 5.32 Å². The molecule has 17 heavy (non-hydrogen) atoms. The molecule has 1 nitrogen and oxygen atoms in total. The molecule has 3 unspecified atom stereocenters. The van der Waals surface area contributed by atoms with Gasteiger partial charge in [0, 0.05) is 6.04 Å². The molecule has 1 aromatic carbocycles. The molecule has 0 aromatic heterocycles. The van der Waals surface area contributed by atoms with Crippen LogP contribution in [-0.2, 0) is 6.42 Å². The number of nitrogens with one attached hydrogen (secondary N) is 1. The lowest BCUT2D eigenvalue weighted by molar-refractivity contribution is 0.436. The van der Waals surface area contributed by atoms with Gasteiger partial charge in [-0.15, -0.1) is 0 Å². The average molecular weight is 239 g/mol. The van der Waals surface area contributed by atoms with Crippen LogP contribution in [0.15, 0.2) is 18.2 Å². The van der Waals surface area contributed by atoms with Gasteiger partial charge in [0.05, 0.1) is 0 Å². The van der Waals surface area contributed by atoms with Crippen LogP contribution >= 0.6 is 0 Å². The summed E-state index contributed by atoms with van der Waals surface area (Å²) in [7, 11) is 0. The molecule has 1 saturated carbocycles. The minimum absolute atomic E-state index is 0.270. The summed E-state index contributed by atoms with van der Waals surface area (Å²) in [4.78, 5) is 0. The Hall–Kier alpha value is -0.960. The molecule has 0 heterocycles. The summed E-state index contributed by atoms with van der Waals surface area (Å²) in [5.41, 5.74) is 0.482. The lowest BCUT2D eigenvalue weighted by Gasteiger charge is -2.18. The Morgan fingerprint density at radius 1 is 1.41 bits per heavy atom. The molecular formula is C14H19F2N. The minimum atomic E-state index is -0.749. The van der Waals surface area contributed by atoms with Crippen molar-refractivity contribution in [1.29, 1.82) is 0 Å². The van der Waals surface area contributed by atoms with Gasteiger partial charge in [0.15, 0.2) is 11.6 Å². The highest BCUT2D eigenvalue weighted by atomic mass is 19.2. The van der Waals surface area contributed by atoms with Gasteiger partial charge in [0.25, 0.3) is 0 Å². The number of halogens is 2. The Kier molecular flexibility index (Phi) is 3.77. The zero-order valence-electron chi connectivity index (χ0n) is 10.3. The van der Waals surface area contributed by atoms with Crippen LogP contribution in [0.5, 0.6) is 0 Å². The molecule has 94 valence electrons. The van der Waals surface area contributed by atoms with Crippen molar-refractivity contribution in [3.05, 3.63) is 35.4 Å². The van der Waals surface area contributed by atoms with Gasteiger partial charge in [-0.3, -0.25) is 0 Å². The topological polar surface area (TPSA) is 12.0 Å². The molecule has 1 aliphatic carbocycles. The molecule has 0 saturated heterocycles.